The van der Waals surface area contributed by atoms with Crippen molar-refractivity contribution in [2.45, 2.75) is 13.5 Å². The molecule has 0 unspecified atom stereocenters. The first-order valence-corrected chi connectivity index (χ1v) is 6.40. The number of benzene rings is 1. The van der Waals surface area contributed by atoms with E-state index < -0.39 is 0 Å². The minimum absolute atomic E-state index is 0.234. The molecule has 1 aromatic carbocycles. The van der Waals surface area contributed by atoms with Crippen molar-refractivity contribution in [3.05, 3.63) is 48.0 Å². The molecule has 2 aromatic rings. The first-order chi connectivity index (χ1) is 9.17. The van der Waals surface area contributed by atoms with Crippen molar-refractivity contribution in [2.24, 2.45) is 0 Å². The second-order valence-corrected chi connectivity index (χ2v) is 4.45. The van der Waals surface area contributed by atoms with Crippen LogP contribution in [0, 0.1) is 5.82 Å². The van der Waals surface area contributed by atoms with E-state index in [4.69, 9.17) is 12.2 Å². The molecule has 0 aliphatic rings. The highest BCUT2D eigenvalue weighted by Gasteiger charge is 2.01. The third-order valence-corrected chi connectivity index (χ3v) is 2.73. The molecule has 0 spiro atoms. The van der Waals surface area contributed by atoms with Crippen molar-refractivity contribution in [1.82, 2.24) is 15.1 Å². The Kier molecular flexibility index (Phi) is 4.46. The molecule has 0 radical (unpaired) electrons. The van der Waals surface area contributed by atoms with Gasteiger partial charge in [-0.2, -0.15) is 5.10 Å². The highest BCUT2D eigenvalue weighted by Crippen LogP contribution is 2.08. The van der Waals surface area contributed by atoms with Gasteiger partial charge in [0.2, 0.25) is 0 Å². The van der Waals surface area contributed by atoms with Gasteiger partial charge in [-0.15, -0.1) is 0 Å². The standard InChI is InChI=1S/C13H15FN4S/c1-2-15-13(19)17-12-7-16-18(9-12)8-10-3-5-11(14)6-4-10/h3-7,9H,2,8H2,1H3,(H2,15,17,19). The summed E-state index contributed by atoms with van der Waals surface area (Å²) in [6.07, 6.45) is 3.56. The topological polar surface area (TPSA) is 41.9 Å². The Labute approximate surface area is 116 Å². The number of nitrogens with one attached hydrogen (secondary N) is 2. The maximum Gasteiger partial charge on any atom is 0.170 e. The molecule has 0 aliphatic carbocycles. The van der Waals surface area contributed by atoms with Crippen molar-refractivity contribution in [2.75, 3.05) is 11.9 Å². The van der Waals surface area contributed by atoms with Crippen LogP contribution in [0.1, 0.15) is 12.5 Å². The van der Waals surface area contributed by atoms with Crippen LogP contribution in [0.3, 0.4) is 0 Å². The van der Waals surface area contributed by atoms with E-state index in [9.17, 15) is 4.39 Å². The summed E-state index contributed by atoms with van der Waals surface area (Å²) in [5.74, 6) is -0.234. The van der Waals surface area contributed by atoms with Crippen LogP contribution in [-0.4, -0.2) is 21.4 Å². The average molecular weight is 278 g/mol. The summed E-state index contributed by atoms with van der Waals surface area (Å²) < 4.78 is 14.6. The van der Waals surface area contributed by atoms with Crippen molar-refractivity contribution in [3.63, 3.8) is 0 Å². The number of aromatic nitrogens is 2. The summed E-state index contributed by atoms with van der Waals surface area (Å²) in [5, 5.41) is 10.8. The number of thiocarbonyl (C=S) groups is 1. The zero-order valence-electron chi connectivity index (χ0n) is 10.6. The molecule has 6 heteroatoms. The molecule has 0 saturated heterocycles. The number of anilines is 1. The van der Waals surface area contributed by atoms with Gasteiger partial charge in [0.25, 0.3) is 0 Å². The number of hydrogen-bond acceptors (Lipinski definition) is 2. The maximum absolute atomic E-state index is 12.8. The van der Waals surface area contributed by atoms with Crippen LogP contribution in [0.2, 0.25) is 0 Å². The van der Waals surface area contributed by atoms with E-state index in [1.807, 2.05) is 13.1 Å². The van der Waals surface area contributed by atoms with Crippen LogP contribution in [0.15, 0.2) is 36.7 Å². The highest BCUT2D eigenvalue weighted by molar-refractivity contribution is 7.80. The third-order valence-electron chi connectivity index (χ3n) is 2.49. The molecule has 1 heterocycles. The van der Waals surface area contributed by atoms with Crippen LogP contribution < -0.4 is 10.6 Å². The lowest BCUT2D eigenvalue weighted by Crippen LogP contribution is -2.27. The fraction of sp³-hybridized carbons (Fsp3) is 0.231. The molecule has 19 heavy (non-hydrogen) atoms. The fourth-order valence-corrected chi connectivity index (χ4v) is 1.89. The van der Waals surface area contributed by atoms with E-state index in [0.717, 1.165) is 17.8 Å². The summed E-state index contributed by atoms with van der Waals surface area (Å²) in [6.45, 7) is 3.34. The molecule has 1 aromatic heterocycles. The quantitative estimate of drug-likeness (QED) is 0.843. The molecular formula is C13H15FN4S. The van der Waals surface area contributed by atoms with Crippen LogP contribution in [0.25, 0.3) is 0 Å². The normalized spacial score (nSPS) is 10.2. The van der Waals surface area contributed by atoms with Gasteiger partial charge in [0, 0.05) is 12.7 Å². The number of rotatable bonds is 4. The summed E-state index contributed by atoms with van der Waals surface area (Å²) >= 11 is 5.09. The van der Waals surface area contributed by atoms with E-state index in [2.05, 4.69) is 15.7 Å². The molecule has 0 aliphatic heterocycles. The molecule has 0 bridgehead atoms. The number of nitrogens with zero attached hydrogens (tertiary/aromatic N) is 2. The molecule has 0 amide bonds. The summed E-state index contributed by atoms with van der Waals surface area (Å²) in [4.78, 5) is 0. The summed E-state index contributed by atoms with van der Waals surface area (Å²) in [6, 6.07) is 6.37. The molecular weight excluding hydrogens is 263 g/mol. The Balaban J connectivity index is 1.97. The lowest BCUT2D eigenvalue weighted by molar-refractivity contribution is 0.624. The Morgan fingerprint density at radius 2 is 2.11 bits per heavy atom. The Hall–Kier alpha value is -1.95. The second kappa shape index (κ2) is 6.29. The van der Waals surface area contributed by atoms with E-state index in [0.29, 0.717) is 11.7 Å². The predicted molar refractivity (Wildman–Crippen MR) is 77.6 cm³/mol. The molecule has 0 atom stereocenters. The number of hydrogen-bond donors (Lipinski definition) is 2. The minimum atomic E-state index is -0.234. The van der Waals surface area contributed by atoms with Crippen LogP contribution in [-0.2, 0) is 6.54 Å². The van der Waals surface area contributed by atoms with Crippen LogP contribution >= 0.6 is 12.2 Å². The Bertz CT molecular complexity index is 550. The molecule has 2 N–H and O–H groups in total. The van der Waals surface area contributed by atoms with Gasteiger partial charge < -0.3 is 10.6 Å². The first-order valence-electron chi connectivity index (χ1n) is 5.99. The second-order valence-electron chi connectivity index (χ2n) is 4.04. The smallest absolute Gasteiger partial charge is 0.170 e. The van der Waals surface area contributed by atoms with Gasteiger partial charge in [0.15, 0.2) is 5.11 Å². The van der Waals surface area contributed by atoms with E-state index in [-0.39, 0.29) is 5.82 Å². The zero-order chi connectivity index (χ0) is 13.7. The average Bonchev–Trinajstić information content (AvgIpc) is 2.80. The summed E-state index contributed by atoms with van der Waals surface area (Å²) in [5.41, 5.74) is 1.82. The first kappa shape index (κ1) is 13.5. The van der Waals surface area contributed by atoms with Gasteiger partial charge in [0.05, 0.1) is 18.4 Å². The van der Waals surface area contributed by atoms with Crippen molar-refractivity contribution in [1.29, 1.82) is 0 Å². The highest BCUT2D eigenvalue weighted by atomic mass is 32.1. The van der Waals surface area contributed by atoms with Gasteiger partial charge in [-0.1, -0.05) is 12.1 Å². The lowest BCUT2D eigenvalue weighted by atomic mass is 10.2. The van der Waals surface area contributed by atoms with Crippen molar-refractivity contribution in [3.8, 4) is 0 Å². The monoisotopic (exact) mass is 278 g/mol. The number of halogens is 1. The lowest BCUT2D eigenvalue weighted by Gasteiger charge is -2.05. The van der Waals surface area contributed by atoms with Gasteiger partial charge in [-0.25, -0.2) is 4.39 Å². The van der Waals surface area contributed by atoms with E-state index >= 15 is 0 Å². The Morgan fingerprint density at radius 1 is 1.37 bits per heavy atom. The molecule has 0 fully saturated rings. The van der Waals surface area contributed by atoms with Gasteiger partial charge >= 0.3 is 0 Å². The molecule has 0 saturated carbocycles. The molecule has 4 nitrogen and oxygen atoms in total. The van der Waals surface area contributed by atoms with Crippen LogP contribution in [0.4, 0.5) is 10.1 Å². The van der Waals surface area contributed by atoms with Gasteiger partial charge in [0.1, 0.15) is 5.82 Å². The van der Waals surface area contributed by atoms with Crippen molar-refractivity contribution < 1.29 is 4.39 Å². The van der Waals surface area contributed by atoms with Crippen LogP contribution in [0.5, 0.6) is 0 Å². The SMILES string of the molecule is CCNC(=S)Nc1cnn(Cc2ccc(F)cc2)c1. The van der Waals surface area contributed by atoms with Crippen molar-refractivity contribution >= 4 is 23.0 Å². The molecule has 2 rings (SSSR count). The predicted octanol–water partition coefficient (Wildman–Crippen LogP) is 2.38. The maximum atomic E-state index is 12.8. The largest absolute Gasteiger partial charge is 0.363 e. The minimum Gasteiger partial charge on any atom is -0.363 e. The van der Waals surface area contributed by atoms with E-state index in [1.54, 1.807) is 23.0 Å². The van der Waals surface area contributed by atoms with Gasteiger partial charge in [-0.05, 0) is 36.8 Å². The zero-order valence-corrected chi connectivity index (χ0v) is 11.4. The molecule has 100 valence electrons. The van der Waals surface area contributed by atoms with E-state index in [1.165, 1.54) is 12.1 Å². The summed E-state index contributed by atoms with van der Waals surface area (Å²) in [7, 11) is 0. The fourth-order valence-electron chi connectivity index (χ4n) is 1.63. The van der Waals surface area contributed by atoms with Gasteiger partial charge in [-0.3, -0.25) is 4.68 Å². The Morgan fingerprint density at radius 3 is 2.79 bits per heavy atom. The third kappa shape index (κ3) is 4.03.